The van der Waals surface area contributed by atoms with Crippen LogP contribution in [0.15, 0.2) is 24.3 Å². The number of benzene rings is 1. The van der Waals surface area contributed by atoms with Crippen molar-refractivity contribution in [2.24, 2.45) is 0 Å². The lowest BCUT2D eigenvalue weighted by Crippen LogP contribution is -2.34. The largest absolute Gasteiger partial charge is 0.493 e. The molecule has 2 N–H and O–H groups in total. The van der Waals surface area contributed by atoms with Gasteiger partial charge < -0.3 is 19.5 Å². The average molecular weight is 333 g/mol. The number of aryl methyl sites for hydroxylation is 1. The molecule has 2 rings (SSSR count). The van der Waals surface area contributed by atoms with Crippen molar-refractivity contribution in [3.05, 3.63) is 41.2 Å². The molecular formula is C16H19N3O5. The standard InChI is InChI=1S/C16H19N3O5/c1-9-7-11(19-18-9)15(20)17-14(16(21)24-4)10-5-6-12(22-2)13(8-10)23-3/h5-8,14H,1-4H3,(H,17,20)(H,18,19)/t14-/m0/s1. The van der Waals surface area contributed by atoms with Gasteiger partial charge in [0.15, 0.2) is 17.5 Å². The second-order valence-electron chi connectivity index (χ2n) is 4.98. The van der Waals surface area contributed by atoms with E-state index in [-0.39, 0.29) is 5.69 Å². The summed E-state index contributed by atoms with van der Waals surface area (Å²) in [6, 6.07) is 5.49. The van der Waals surface area contributed by atoms with Crippen LogP contribution in [0.1, 0.15) is 27.8 Å². The Morgan fingerprint density at radius 2 is 1.83 bits per heavy atom. The van der Waals surface area contributed by atoms with Gasteiger partial charge in [0.05, 0.1) is 21.3 Å². The molecular weight excluding hydrogens is 314 g/mol. The summed E-state index contributed by atoms with van der Waals surface area (Å²) in [5.74, 6) is -0.153. The highest BCUT2D eigenvalue weighted by atomic mass is 16.5. The molecule has 0 unspecified atom stereocenters. The molecule has 0 aliphatic rings. The third-order valence-electron chi connectivity index (χ3n) is 3.39. The van der Waals surface area contributed by atoms with Crippen LogP contribution in [-0.2, 0) is 9.53 Å². The first kappa shape index (κ1) is 17.3. The Labute approximate surface area is 139 Å². The molecule has 0 aliphatic carbocycles. The summed E-state index contributed by atoms with van der Waals surface area (Å²) in [6.45, 7) is 1.77. The van der Waals surface area contributed by atoms with Crippen molar-refractivity contribution in [3.63, 3.8) is 0 Å². The highest BCUT2D eigenvalue weighted by Gasteiger charge is 2.26. The highest BCUT2D eigenvalue weighted by Crippen LogP contribution is 2.30. The lowest BCUT2D eigenvalue weighted by molar-refractivity contribution is -0.143. The van der Waals surface area contributed by atoms with Gasteiger partial charge in [0.2, 0.25) is 0 Å². The van der Waals surface area contributed by atoms with Crippen molar-refractivity contribution in [1.82, 2.24) is 15.5 Å². The molecule has 1 amide bonds. The molecule has 8 heteroatoms. The number of rotatable bonds is 6. The minimum absolute atomic E-state index is 0.182. The number of hydrogen-bond acceptors (Lipinski definition) is 6. The van der Waals surface area contributed by atoms with Crippen molar-refractivity contribution < 1.29 is 23.8 Å². The van der Waals surface area contributed by atoms with Crippen molar-refractivity contribution >= 4 is 11.9 Å². The normalized spacial score (nSPS) is 11.5. The molecule has 0 fully saturated rings. The predicted octanol–water partition coefficient (Wildman–Crippen LogP) is 1.38. The maximum atomic E-state index is 12.3. The Bertz CT molecular complexity index is 741. The Morgan fingerprint density at radius 1 is 1.12 bits per heavy atom. The van der Waals surface area contributed by atoms with Crippen molar-refractivity contribution in [2.45, 2.75) is 13.0 Å². The predicted molar refractivity (Wildman–Crippen MR) is 85.1 cm³/mol. The molecule has 1 aromatic heterocycles. The first-order valence-corrected chi connectivity index (χ1v) is 7.12. The molecule has 128 valence electrons. The van der Waals surface area contributed by atoms with E-state index in [4.69, 9.17) is 14.2 Å². The SMILES string of the molecule is COC(=O)[C@@H](NC(=O)c1cc(C)[nH]n1)c1ccc(OC)c(OC)c1. The number of esters is 1. The quantitative estimate of drug-likeness (QED) is 0.774. The summed E-state index contributed by atoms with van der Waals surface area (Å²) in [6.07, 6.45) is 0. The lowest BCUT2D eigenvalue weighted by Gasteiger charge is -2.18. The van der Waals surface area contributed by atoms with Crippen LogP contribution in [0.3, 0.4) is 0 Å². The number of nitrogens with one attached hydrogen (secondary N) is 2. The van der Waals surface area contributed by atoms with E-state index < -0.39 is 17.9 Å². The smallest absolute Gasteiger partial charge is 0.333 e. The fourth-order valence-corrected chi connectivity index (χ4v) is 2.17. The molecule has 0 saturated heterocycles. The van der Waals surface area contributed by atoms with E-state index >= 15 is 0 Å². The number of methoxy groups -OCH3 is 3. The Morgan fingerprint density at radius 3 is 2.38 bits per heavy atom. The molecule has 8 nitrogen and oxygen atoms in total. The zero-order chi connectivity index (χ0) is 17.7. The van der Waals surface area contributed by atoms with Gasteiger partial charge in [-0.05, 0) is 30.7 Å². The molecule has 1 heterocycles. The number of nitrogens with zero attached hydrogens (tertiary/aromatic N) is 1. The van der Waals surface area contributed by atoms with Crippen LogP contribution < -0.4 is 14.8 Å². The van der Waals surface area contributed by atoms with Crippen LogP contribution in [-0.4, -0.2) is 43.4 Å². The number of ether oxygens (including phenoxy) is 3. The van der Waals surface area contributed by atoms with Gasteiger partial charge in [0, 0.05) is 5.69 Å². The molecule has 2 aromatic rings. The molecule has 0 aliphatic heterocycles. The zero-order valence-electron chi connectivity index (χ0n) is 13.9. The van der Waals surface area contributed by atoms with Gasteiger partial charge in [0.1, 0.15) is 5.69 Å². The van der Waals surface area contributed by atoms with Crippen molar-refractivity contribution in [3.8, 4) is 11.5 Å². The van der Waals surface area contributed by atoms with E-state index in [1.54, 1.807) is 31.2 Å². The van der Waals surface area contributed by atoms with Crippen LogP contribution in [0.5, 0.6) is 11.5 Å². The average Bonchev–Trinajstić information content (AvgIpc) is 3.04. The summed E-state index contributed by atoms with van der Waals surface area (Å²) in [5, 5.41) is 9.16. The van der Waals surface area contributed by atoms with Gasteiger partial charge >= 0.3 is 5.97 Å². The lowest BCUT2D eigenvalue weighted by atomic mass is 10.1. The van der Waals surface area contributed by atoms with Crippen molar-refractivity contribution in [1.29, 1.82) is 0 Å². The van der Waals surface area contributed by atoms with E-state index in [9.17, 15) is 9.59 Å². The van der Waals surface area contributed by atoms with Crippen molar-refractivity contribution in [2.75, 3.05) is 21.3 Å². The molecule has 1 atom stereocenters. The van der Waals surface area contributed by atoms with E-state index in [1.165, 1.54) is 21.3 Å². The Kier molecular flexibility index (Phi) is 5.41. The zero-order valence-corrected chi connectivity index (χ0v) is 13.9. The third-order valence-corrected chi connectivity index (χ3v) is 3.39. The van der Waals surface area contributed by atoms with E-state index in [2.05, 4.69) is 15.5 Å². The minimum atomic E-state index is -1.00. The van der Waals surface area contributed by atoms with Gasteiger partial charge in [-0.15, -0.1) is 0 Å². The summed E-state index contributed by atoms with van der Waals surface area (Å²) >= 11 is 0. The van der Waals surface area contributed by atoms with Gasteiger partial charge in [-0.3, -0.25) is 9.89 Å². The molecule has 0 saturated carbocycles. The molecule has 24 heavy (non-hydrogen) atoms. The fraction of sp³-hybridized carbons (Fsp3) is 0.312. The number of aromatic amines is 1. The number of hydrogen-bond donors (Lipinski definition) is 2. The summed E-state index contributed by atoms with van der Waals surface area (Å²) in [4.78, 5) is 24.4. The summed E-state index contributed by atoms with van der Waals surface area (Å²) in [7, 11) is 4.25. The fourth-order valence-electron chi connectivity index (χ4n) is 2.17. The Hall–Kier alpha value is -3.03. The molecule has 0 spiro atoms. The van der Waals surface area contributed by atoms with Gasteiger partial charge in [-0.1, -0.05) is 6.07 Å². The first-order valence-electron chi connectivity index (χ1n) is 7.12. The molecule has 0 bridgehead atoms. The third kappa shape index (κ3) is 3.65. The van der Waals surface area contributed by atoms with E-state index in [0.717, 1.165) is 5.69 Å². The topological polar surface area (TPSA) is 103 Å². The highest BCUT2D eigenvalue weighted by molar-refractivity contribution is 5.95. The van der Waals surface area contributed by atoms with Crippen LogP contribution in [0.2, 0.25) is 0 Å². The van der Waals surface area contributed by atoms with Crippen LogP contribution in [0, 0.1) is 6.92 Å². The second kappa shape index (κ2) is 7.49. The number of aromatic nitrogens is 2. The number of carbonyl (C=O) groups is 2. The molecule has 1 aromatic carbocycles. The monoisotopic (exact) mass is 333 g/mol. The first-order chi connectivity index (χ1) is 11.5. The minimum Gasteiger partial charge on any atom is -0.493 e. The van der Waals surface area contributed by atoms with Gasteiger partial charge in [0.25, 0.3) is 5.91 Å². The maximum Gasteiger partial charge on any atom is 0.333 e. The van der Waals surface area contributed by atoms with E-state index in [0.29, 0.717) is 17.1 Å². The number of amides is 1. The molecule has 0 radical (unpaired) electrons. The van der Waals surface area contributed by atoms with Gasteiger partial charge in [-0.25, -0.2) is 4.79 Å². The van der Waals surface area contributed by atoms with E-state index in [1.807, 2.05) is 0 Å². The van der Waals surface area contributed by atoms with Crippen LogP contribution in [0.4, 0.5) is 0 Å². The Balaban J connectivity index is 2.32. The number of carbonyl (C=O) groups excluding carboxylic acids is 2. The summed E-state index contributed by atoms with van der Waals surface area (Å²) in [5.41, 5.74) is 1.42. The van der Waals surface area contributed by atoms with Crippen LogP contribution in [0.25, 0.3) is 0 Å². The second-order valence-corrected chi connectivity index (χ2v) is 4.98. The van der Waals surface area contributed by atoms with Gasteiger partial charge in [-0.2, -0.15) is 5.10 Å². The number of H-pyrrole nitrogens is 1. The summed E-state index contributed by atoms with van der Waals surface area (Å²) < 4.78 is 15.2. The maximum absolute atomic E-state index is 12.3. The van der Waals surface area contributed by atoms with Crippen LogP contribution >= 0.6 is 0 Å².